The highest BCUT2D eigenvalue weighted by atomic mass is 16.5. The van der Waals surface area contributed by atoms with Gasteiger partial charge in [-0.25, -0.2) is 4.79 Å². The summed E-state index contributed by atoms with van der Waals surface area (Å²) in [7, 11) is 1.49. The standard InChI is InChI=1S/C11H20N2O4/c1-7-3-4-13(10(7)11(15)16)9(14)5-8(6-12)17-2/h7-8,10H,3-6,12H2,1-2H3,(H,15,16). The summed E-state index contributed by atoms with van der Waals surface area (Å²) >= 11 is 0. The van der Waals surface area contributed by atoms with Crippen LogP contribution in [0.5, 0.6) is 0 Å². The molecule has 98 valence electrons. The van der Waals surface area contributed by atoms with Gasteiger partial charge < -0.3 is 20.5 Å². The number of carboxylic acids is 1. The van der Waals surface area contributed by atoms with Gasteiger partial charge in [0.25, 0.3) is 0 Å². The van der Waals surface area contributed by atoms with Gasteiger partial charge in [0.2, 0.25) is 5.91 Å². The summed E-state index contributed by atoms with van der Waals surface area (Å²) in [5, 5.41) is 9.10. The van der Waals surface area contributed by atoms with Crippen LogP contribution in [0.4, 0.5) is 0 Å². The summed E-state index contributed by atoms with van der Waals surface area (Å²) in [6.07, 6.45) is 0.528. The van der Waals surface area contributed by atoms with Crippen LogP contribution in [0.15, 0.2) is 0 Å². The SMILES string of the molecule is COC(CN)CC(=O)N1CCC(C)C1C(=O)O. The maximum Gasteiger partial charge on any atom is 0.326 e. The van der Waals surface area contributed by atoms with Gasteiger partial charge in [0.1, 0.15) is 6.04 Å². The van der Waals surface area contributed by atoms with Crippen molar-refractivity contribution in [3.05, 3.63) is 0 Å². The summed E-state index contributed by atoms with van der Waals surface area (Å²) < 4.78 is 5.03. The minimum absolute atomic E-state index is 0.00433. The molecule has 0 aromatic carbocycles. The summed E-state index contributed by atoms with van der Waals surface area (Å²) in [6, 6.07) is -0.710. The Labute approximate surface area is 101 Å². The summed E-state index contributed by atoms with van der Waals surface area (Å²) in [6.45, 7) is 2.60. The normalized spacial score (nSPS) is 25.9. The summed E-state index contributed by atoms with van der Waals surface area (Å²) in [5.74, 6) is -1.14. The molecule has 6 nitrogen and oxygen atoms in total. The monoisotopic (exact) mass is 244 g/mol. The average Bonchev–Trinajstić information content (AvgIpc) is 2.67. The Kier molecular flexibility index (Phi) is 4.89. The molecule has 3 atom stereocenters. The van der Waals surface area contributed by atoms with Crippen molar-refractivity contribution >= 4 is 11.9 Å². The molecule has 3 unspecified atom stereocenters. The molecule has 1 rings (SSSR count). The van der Waals surface area contributed by atoms with E-state index in [0.29, 0.717) is 6.54 Å². The Bertz CT molecular complexity index is 291. The highest BCUT2D eigenvalue weighted by molar-refractivity contribution is 5.84. The van der Waals surface area contributed by atoms with E-state index in [1.807, 2.05) is 6.92 Å². The van der Waals surface area contributed by atoms with Crippen molar-refractivity contribution in [1.29, 1.82) is 0 Å². The number of rotatable bonds is 5. The zero-order valence-electron chi connectivity index (χ0n) is 10.3. The lowest BCUT2D eigenvalue weighted by Crippen LogP contribution is -2.44. The number of hydrogen-bond acceptors (Lipinski definition) is 4. The lowest BCUT2D eigenvalue weighted by atomic mass is 10.0. The highest BCUT2D eigenvalue weighted by Crippen LogP contribution is 2.25. The van der Waals surface area contributed by atoms with Crippen LogP contribution < -0.4 is 5.73 Å². The number of nitrogens with two attached hydrogens (primary N) is 1. The first-order valence-electron chi connectivity index (χ1n) is 5.76. The van der Waals surface area contributed by atoms with E-state index in [-0.39, 0.29) is 30.9 Å². The largest absolute Gasteiger partial charge is 0.480 e. The molecule has 1 saturated heterocycles. The Morgan fingerprint density at radius 2 is 2.24 bits per heavy atom. The molecule has 1 amide bonds. The van der Waals surface area contributed by atoms with Crippen LogP contribution in [0.25, 0.3) is 0 Å². The van der Waals surface area contributed by atoms with Crippen LogP contribution in [0.3, 0.4) is 0 Å². The molecule has 0 saturated carbocycles. The lowest BCUT2D eigenvalue weighted by molar-refractivity contribution is -0.150. The van der Waals surface area contributed by atoms with Gasteiger partial charge >= 0.3 is 5.97 Å². The van der Waals surface area contributed by atoms with E-state index >= 15 is 0 Å². The molecule has 0 aromatic rings. The fourth-order valence-electron chi connectivity index (χ4n) is 2.18. The third kappa shape index (κ3) is 3.17. The number of ether oxygens (including phenoxy) is 1. The Balaban J connectivity index is 2.65. The van der Waals surface area contributed by atoms with Gasteiger partial charge in [-0.3, -0.25) is 4.79 Å². The van der Waals surface area contributed by atoms with E-state index in [4.69, 9.17) is 15.6 Å². The van der Waals surface area contributed by atoms with Crippen molar-refractivity contribution in [1.82, 2.24) is 4.90 Å². The number of methoxy groups -OCH3 is 1. The van der Waals surface area contributed by atoms with Crippen molar-refractivity contribution in [2.75, 3.05) is 20.2 Å². The first-order chi connectivity index (χ1) is 8.01. The minimum atomic E-state index is -0.940. The number of carbonyl (C=O) groups excluding carboxylic acids is 1. The van der Waals surface area contributed by atoms with Gasteiger partial charge in [-0.05, 0) is 12.3 Å². The number of likely N-dealkylation sites (tertiary alicyclic amines) is 1. The van der Waals surface area contributed by atoms with Crippen LogP contribution >= 0.6 is 0 Å². The molecular weight excluding hydrogens is 224 g/mol. The predicted molar refractivity (Wildman–Crippen MR) is 61.4 cm³/mol. The Morgan fingerprint density at radius 1 is 1.59 bits per heavy atom. The Morgan fingerprint density at radius 3 is 2.71 bits per heavy atom. The lowest BCUT2D eigenvalue weighted by Gasteiger charge is -2.25. The van der Waals surface area contributed by atoms with Gasteiger partial charge in [0, 0.05) is 20.2 Å². The first-order valence-corrected chi connectivity index (χ1v) is 5.76. The third-order valence-corrected chi connectivity index (χ3v) is 3.27. The quantitative estimate of drug-likeness (QED) is 0.691. The molecule has 3 N–H and O–H groups in total. The topological polar surface area (TPSA) is 92.9 Å². The maximum atomic E-state index is 12.0. The van der Waals surface area contributed by atoms with Crippen molar-refractivity contribution in [3.63, 3.8) is 0 Å². The van der Waals surface area contributed by atoms with Gasteiger partial charge in [-0.15, -0.1) is 0 Å². The molecule has 1 heterocycles. The number of hydrogen-bond donors (Lipinski definition) is 2. The van der Waals surface area contributed by atoms with E-state index in [1.165, 1.54) is 12.0 Å². The van der Waals surface area contributed by atoms with Gasteiger partial charge in [-0.2, -0.15) is 0 Å². The third-order valence-electron chi connectivity index (χ3n) is 3.27. The molecule has 1 fully saturated rings. The second kappa shape index (κ2) is 5.97. The summed E-state index contributed by atoms with van der Waals surface area (Å²) in [4.78, 5) is 24.5. The van der Waals surface area contributed by atoms with Crippen molar-refractivity contribution < 1.29 is 19.4 Å². The number of nitrogens with zero attached hydrogens (tertiary/aromatic N) is 1. The highest BCUT2D eigenvalue weighted by Gasteiger charge is 2.39. The minimum Gasteiger partial charge on any atom is -0.480 e. The molecule has 1 aliphatic rings. The summed E-state index contributed by atoms with van der Waals surface area (Å²) in [5.41, 5.74) is 5.44. The molecular formula is C11H20N2O4. The molecule has 6 heteroatoms. The molecule has 0 bridgehead atoms. The van der Waals surface area contributed by atoms with E-state index in [0.717, 1.165) is 6.42 Å². The van der Waals surface area contributed by atoms with E-state index < -0.39 is 12.0 Å². The second-order valence-electron chi connectivity index (χ2n) is 4.43. The van der Waals surface area contributed by atoms with Crippen LogP contribution in [0.2, 0.25) is 0 Å². The molecule has 0 spiro atoms. The van der Waals surface area contributed by atoms with Crippen LogP contribution in [-0.2, 0) is 14.3 Å². The number of aliphatic carboxylic acids is 1. The fraction of sp³-hybridized carbons (Fsp3) is 0.818. The van der Waals surface area contributed by atoms with E-state index in [1.54, 1.807) is 0 Å². The van der Waals surface area contributed by atoms with Gasteiger partial charge in [0.05, 0.1) is 12.5 Å². The van der Waals surface area contributed by atoms with Crippen molar-refractivity contribution in [3.8, 4) is 0 Å². The van der Waals surface area contributed by atoms with Crippen LogP contribution in [0.1, 0.15) is 19.8 Å². The van der Waals surface area contributed by atoms with E-state index in [2.05, 4.69) is 0 Å². The second-order valence-corrected chi connectivity index (χ2v) is 4.43. The zero-order valence-corrected chi connectivity index (χ0v) is 10.3. The van der Waals surface area contributed by atoms with Crippen molar-refractivity contribution in [2.24, 2.45) is 11.7 Å². The average molecular weight is 244 g/mol. The smallest absolute Gasteiger partial charge is 0.326 e. The predicted octanol–water partition coefficient (Wildman–Crippen LogP) is -0.328. The fourth-order valence-corrected chi connectivity index (χ4v) is 2.18. The number of carboxylic acid groups (broad SMARTS) is 1. The van der Waals surface area contributed by atoms with Gasteiger partial charge in [-0.1, -0.05) is 6.92 Å². The maximum absolute atomic E-state index is 12.0. The van der Waals surface area contributed by atoms with Crippen LogP contribution in [-0.4, -0.2) is 54.2 Å². The van der Waals surface area contributed by atoms with E-state index in [9.17, 15) is 9.59 Å². The Hall–Kier alpha value is -1.14. The zero-order chi connectivity index (χ0) is 13.0. The number of carbonyl (C=O) groups is 2. The van der Waals surface area contributed by atoms with Gasteiger partial charge in [0.15, 0.2) is 0 Å². The molecule has 0 aromatic heterocycles. The molecule has 0 aliphatic carbocycles. The van der Waals surface area contributed by atoms with Crippen LogP contribution in [0, 0.1) is 5.92 Å². The van der Waals surface area contributed by atoms with Crippen molar-refractivity contribution in [2.45, 2.75) is 31.9 Å². The first kappa shape index (κ1) is 13.9. The molecule has 1 aliphatic heterocycles. The molecule has 17 heavy (non-hydrogen) atoms. The number of amides is 1. The molecule has 0 radical (unpaired) electrons.